The number of nitrogen functional groups attached to an aromatic ring is 2. The van der Waals surface area contributed by atoms with Gasteiger partial charge in [0.25, 0.3) is 0 Å². The highest BCUT2D eigenvalue weighted by molar-refractivity contribution is 6.01. The van der Waals surface area contributed by atoms with E-state index in [0.717, 1.165) is 0 Å². The Bertz CT molecular complexity index is 1500. The molecular formula is C23H20FN9O. The third-order valence-electron chi connectivity index (χ3n) is 5.31. The lowest BCUT2D eigenvalue weighted by molar-refractivity contribution is 0.533. The first-order chi connectivity index (χ1) is 16.4. The maximum absolute atomic E-state index is 14.3. The van der Waals surface area contributed by atoms with E-state index in [-0.39, 0.29) is 17.4 Å². The molecule has 1 unspecified atom stereocenters. The summed E-state index contributed by atoms with van der Waals surface area (Å²) in [4.78, 5) is 17.5. The van der Waals surface area contributed by atoms with Crippen LogP contribution < -0.4 is 16.8 Å². The Morgan fingerprint density at radius 3 is 2.62 bits per heavy atom. The van der Waals surface area contributed by atoms with E-state index < -0.39 is 11.9 Å². The van der Waals surface area contributed by atoms with Crippen molar-refractivity contribution >= 4 is 28.2 Å². The van der Waals surface area contributed by atoms with Crippen LogP contribution in [0.4, 0.5) is 21.7 Å². The summed E-state index contributed by atoms with van der Waals surface area (Å²) in [7, 11) is 0. The summed E-state index contributed by atoms with van der Waals surface area (Å²) in [6.07, 6.45) is 2.99. The summed E-state index contributed by atoms with van der Waals surface area (Å²) in [5.41, 5.74) is 15.0. The molecule has 5 rings (SSSR count). The average Bonchev–Trinajstić information content (AvgIpc) is 3.27. The Morgan fingerprint density at radius 1 is 1.03 bits per heavy atom. The van der Waals surface area contributed by atoms with Crippen molar-refractivity contribution in [3.8, 4) is 22.7 Å². The molecule has 0 aliphatic rings. The smallest absolute Gasteiger partial charge is 0.249 e. The molecule has 5 aromatic rings. The van der Waals surface area contributed by atoms with Crippen LogP contribution in [0.1, 0.15) is 24.6 Å². The van der Waals surface area contributed by atoms with Crippen molar-refractivity contribution in [1.29, 1.82) is 0 Å². The molecule has 0 radical (unpaired) electrons. The van der Waals surface area contributed by atoms with E-state index in [4.69, 9.17) is 20.9 Å². The Morgan fingerprint density at radius 2 is 1.88 bits per heavy atom. The summed E-state index contributed by atoms with van der Waals surface area (Å²) < 4.78 is 20.1. The van der Waals surface area contributed by atoms with E-state index in [2.05, 4.69) is 30.5 Å². The molecule has 10 nitrogen and oxygen atoms in total. The number of rotatable bonds is 5. The molecule has 0 bridgehead atoms. The van der Waals surface area contributed by atoms with Crippen LogP contribution >= 0.6 is 0 Å². The minimum Gasteiger partial charge on any atom is -0.421 e. The number of nitrogens with zero attached hydrogens (tertiary/aromatic N) is 6. The third-order valence-corrected chi connectivity index (χ3v) is 5.31. The zero-order valence-electron chi connectivity index (χ0n) is 18.3. The van der Waals surface area contributed by atoms with Gasteiger partial charge in [0.1, 0.15) is 17.8 Å². The molecule has 0 fully saturated rings. The Labute approximate surface area is 193 Å². The van der Waals surface area contributed by atoms with Gasteiger partial charge in [0.05, 0.1) is 28.5 Å². The van der Waals surface area contributed by atoms with Gasteiger partial charge in [0, 0.05) is 24.1 Å². The highest BCUT2D eigenvalue weighted by Gasteiger charge is 2.26. The van der Waals surface area contributed by atoms with Gasteiger partial charge in [-0.2, -0.15) is 0 Å². The standard InChI is InChI=1S/C23H20FN9O/c1-11(30-22-19(25)21(26)28-10-29-22)20-18(16-5-3-4-8-27-16)17(23-33-32-12(2)34-23)14-9-13(24)6-7-15(14)31-20/h3-11H,25H2,1-2H3,(H3,26,28,29,30). The molecule has 0 aliphatic heterocycles. The molecule has 5 N–H and O–H groups in total. The lowest BCUT2D eigenvalue weighted by Crippen LogP contribution is -2.15. The van der Waals surface area contributed by atoms with Gasteiger partial charge in [-0.15, -0.1) is 10.2 Å². The van der Waals surface area contributed by atoms with Gasteiger partial charge in [0.2, 0.25) is 11.8 Å². The third kappa shape index (κ3) is 3.72. The fourth-order valence-corrected chi connectivity index (χ4v) is 3.76. The van der Waals surface area contributed by atoms with E-state index in [0.29, 0.717) is 45.1 Å². The summed E-state index contributed by atoms with van der Waals surface area (Å²) >= 11 is 0. The Hall–Kier alpha value is -4.67. The number of aryl methyl sites for hydroxylation is 1. The lowest BCUT2D eigenvalue weighted by atomic mass is 9.94. The SMILES string of the molecule is Cc1nnc(-c2c(-c3ccccn3)c(C(C)Nc3ncnc(N)c3N)nc3ccc(F)cc23)o1. The number of anilines is 3. The molecule has 0 saturated carbocycles. The maximum atomic E-state index is 14.3. The molecule has 0 amide bonds. The fraction of sp³-hybridized carbons (Fsp3) is 0.130. The number of benzene rings is 1. The number of halogens is 1. The number of nitrogens with one attached hydrogen (secondary N) is 1. The summed E-state index contributed by atoms with van der Waals surface area (Å²) in [6, 6.07) is 9.42. The molecule has 11 heteroatoms. The molecule has 1 aromatic carbocycles. The molecule has 0 spiro atoms. The van der Waals surface area contributed by atoms with Crippen LogP contribution in [0.15, 0.2) is 53.3 Å². The van der Waals surface area contributed by atoms with E-state index in [1.54, 1.807) is 25.3 Å². The second-order valence-electron chi connectivity index (χ2n) is 7.64. The number of fused-ring (bicyclic) bond motifs is 1. The van der Waals surface area contributed by atoms with E-state index in [1.807, 2.05) is 19.1 Å². The Kier molecular flexibility index (Phi) is 5.21. The van der Waals surface area contributed by atoms with Gasteiger partial charge >= 0.3 is 0 Å². The predicted octanol–water partition coefficient (Wildman–Crippen LogP) is 3.92. The maximum Gasteiger partial charge on any atom is 0.249 e. The number of hydrogen-bond acceptors (Lipinski definition) is 10. The van der Waals surface area contributed by atoms with Crippen LogP contribution in [-0.4, -0.2) is 30.1 Å². The van der Waals surface area contributed by atoms with E-state index in [9.17, 15) is 4.39 Å². The molecule has 0 saturated heterocycles. The number of nitrogens with two attached hydrogens (primary N) is 2. The minimum atomic E-state index is -0.425. The fourth-order valence-electron chi connectivity index (χ4n) is 3.76. The summed E-state index contributed by atoms with van der Waals surface area (Å²) in [5, 5.41) is 12.0. The van der Waals surface area contributed by atoms with Gasteiger partial charge in [-0.3, -0.25) is 4.98 Å². The van der Waals surface area contributed by atoms with Crippen molar-refractivity contribution in [2.45, 2.75) is 19.9 Å². The number of hydrogen-bond donors (Lipinski definition) is 3. The van der Waals surface area contributed by atoms with Crippen molar-refractivity contribution in [3.05, 3.63) is 66.3 Å². The van der Waals surface area contributed by atoms with Crippen molar-refractivity contribution in [3.63, 3.8) is 0 Å². The molecule has 0 aliphatic carbocycles. The van der Waals surface area contributed by atoms with Gasteiger partial charge in [-0.25, -0.2) is 19.3 Å². The molecule has 170 valence electrons. The van der Waals surface area contributed by atoms with Crippen molar-refractivity contribution in [2.75, 3.05) is 16.8 Å². The Balaban J connectivity index is 1.80. The van der Waals surface area contributed by atoms with E-state index in [1.165, 1.54) is 18.5 Å². The first-order valence-electron chi connectivity index (χ1n) is 10.4. The van der Waals surface area contributed by atoms with Gasteiger partial charge in [0.15, 0.2) is 11.6 Å². The lowest BCUT2D eigenvalue weighted by Gasteiger charge is -2.21. The average molecular weight is 457 g/mol. The summed E-state index contributed by atoms with van der Waals surface area (Å²) in [5.74, 6) is 0.722. The summed E-state index contributed by atoms with van der Waals surface area (Å²) in [6.45, 7) is 3.58. The van der Waals surface area contributed by atoms with Crippen molar-refractivity contribution < 1.29 is 8.81 Å². The second-order valence-corrected chi connectivity index (χ2v) is 7.64. The van der Waals surface area contributed by atoms with Gasteiger partial charge < -0.3 is 21.2 Å². The highest BCUT2D eigenvalue weighted by atomic mass is 19.1. The zero-order valence-corrected chi connectivity index (χ0v) is 18.3. The van der Waals surface area contributed by atoms with Gasteiger partial charge in [-0.1, -0.05) is 6.07 Å². The first-order valence-corrected chi connectivity index (χ1v) is 10.4. The molecule has 34 heavy (non-hydrogen) atoms. The highest BCUT2D eigenvalue weighted by Crippen LogP contribution is 2.41. The van der Waals surface area contributed by atoms with Crippen molar-refractivity contribution in [1.82, 2.24) is 30.1 Å². The first kappa shape index (κ1) is 21.2. The number of pyridine rings is 2. The van der Waals surface area contributed by atoms with Crippen LogP contribution in [0.2, 0.25) is 0 Å². The largest absolute Gasteiger partial charge is 0.421 e. The number of aromatic nitrogens is 6. The zero-order chi connectivity index (χ0) is 23.8. The van der Waals surface area contributed by atoms with Crippen LogP contribution in [0, 0.1) is 12.7 Å². The normalized spacial score (nSPS) is 12.1. The van der Waals surface area contributed by atoms with Crippen molar-refractivity contribution in [2.24, 2.45) is 0 Å². The predicted molar refractivity (Wildman–Crippen MR) is 126 cm³/mol. The van der Waals surface area contributed by atoms with E-state index >= 15 is 0 Å². The van der Waals surface area contributed by atoms with Crippen LogP contribution in [0.3, 0.4) is 0 Å². The van der Waals surface area contributed by atoms with Crippen LogP contribution in [0.5, 0.6) is 0 Å². The monoisotopic (exact) mass is 457 g/mol. The second kappa shape index (κ2) is 8.35. The minimum absolute atomic E-state index is 0.165. The molecule has 4 aromatic heterocycles. The quantitative estimate of drug-likeness (QED) is 0.353. The molecular weight excluding hydrogens is 437 g/mol. The molecule has 4 heterocycles. The van der Waals surface area contributed by atoms with Gasteiger partial charge in [-0.05, 0) is 37.3 Å². The van der Waals surface area contributed by atoms with Crippen LogP contribution in [0.25, 0.3) is 33.6 Å². The topological polar surface area (TPSA) is 155 Å². The van der Waals surface area contributed by atoms with Crippen LogP contribution in [-0.2, 0) is 0 Å². The molecule has 1 atom stereocenters.